The van der Waals surface area contributed by atoms with Gasteiger partial charge in [-0.25, -0.2) is 0 Å². The minimum absolute atomic E-state index is 0.0120. The minimum Gasteiger partial charge on any atom is -0.462 e. The van der Waals surface area contributed by atoms with Gasteiger partial charge in [0.2, 0.25) is 0 Å². The Morgan fingerprint density at radius 1 is 1.23 bits per heavy atom. The molecule has 22 heavy (non-hydrogen) atoms. The molecule has 0 saturated carbocycles. The fourth-order valence-corrected chi connectivity index (χ4v) is 2.39. The maximum Gasteiger partial charge on any atom is 0.303 e. The zero-order valence-electron chi connectivity index (χ0n) is 13.0. The predicted octanol–water partition coefficient (Wildman–Crippen LogP) is 0.834. The molecular formula is C17H20O5. The Labute approximate surface area is 129 Å². The van der Waals surface area contributed by atoms with Gasteiger partial charge >= 0.3 is 11.9 Å². The second kappa shape index (κ2) is 7.22. The molecule has 1 aromatic carbocycles. The van der Waals surface area contributed by atoms with Crippen molar-refractivity contribution >= 4 is 24.1 Å². The lowest BCUT2D eigenvalue weighted by molar-refractivity contribution is -0.156. The molecule has 0 bridgehead atoms. The van der Waals surface area contributed by atoms with Gasteiger partial charge in [0.25, 0.3) is 0 Å². The van der Waals surface area contributed by atoms with Crippen LogP contribution in [0.4, 0.5) is 0 Å². The molecule has 0 amide bonds. The van der Waals surface area contributed by atoms with Crippen molar-refractivity contribution in [2.45, 2.75) is 32.5 Å². The van der Waals surface area contributed by atoms with Crippen LogP contribution in [0.3, 0.4) is 0 Å². The highest BCUT2D eigenvalue weighted by Gasteiger charge is 2.17. The molecule has 0 aromatic heterocycles. The summed E-state index contributed by atoms with van der Waals surface area (Å²) in [6, 6.07) is 5.78. The highest BCUT2D eigenvalue weighted by Crippen LogP contribution is 2.16. The average molecular weight is 304 g/mol. The molecule has 2 rings (SSSR count). The second-order valence-electron chi connectivity index (χ2n) is 5.17. The summed E-state index contributed by atoms with van der Waals surface area (Å²) in [7, 11) is 1.68. The first-order valence-electron chi connectivity index (χ1n) is 7.15. The molecule has 1 aliphatic carbocycles. The van der Waals surface area contributed by atoms with Gasteiger partial charge in [-0.05, 0) is 34.6 Å². The lowest BCUT2D eigenvalue weighted by atomic mass is 10.0. The van der Waals surface area contributed by atoms with Crippen molar-refractivity contribution in [2.75, 3.05) is 13.7 Å². The summed E-state index contributed by atoms with van der Waals surface area (Å²) in [5.74, 6) is -0.817. The van der Waals surface area contributed by atoms with E-state index < -0.39 is 18.0 Å². The maximum atomic E-state index is 11.2. The Morgan fingerprint density at radius 2 is 2.00 bits per heavy atom. The van der Waals surface area contributed by atoms with E-state index in [0.717, 1.165) is 22.4 Å². The van der Waals surface area contributed by atoms with Gasteiger partial charge in [0.05, 0.1) is 6.10 Å². The van der Waals surface area contributed by atoms with Gasteiger partial charge in [-0.3, -0.25) is 9.59 Å². The predicted molar refractivity (Wildman–Crippen MR) is 81.2 cm³/mol. The van der Waals surface area contributed by atoms with E-state index in [1.807, 2.05) is 18.2 Å². The lowest BCUT2D eigenvalue weighted by Gasteiger charge is -2.18. The standard InChI is InChI=1S/C17H20O5/c1-11(18)21-10-17(22-12(2)19)15-5-4-14-9-16(20-3)7-6-13(14)8-15/h4-6,8-9,16-17H,7,10H2,1-3H3. The third kappa shape index (κ3) is 4.18. The summed E-state index contributed by atoms with van der Waals surface area (Å²) in [6.07, 6.45) is 4.44. The number of hydrogen-bond acceptors (Lipinski definition) is 5. The van der Waals surface area contributed by atoms with Crippen molar-refractivity contribution in [3.63, 3.8) is 0 Å². The van der Waals surface area contributed by atoms with Crippen LogP contribution in [0.5, 0.6) is 0 Å². The molecule has 5 heteroatoms. The van der Waals surface area contributed by atoms with Crippen LogP contribution in [0.2, 0.25) is 0 Å². The number of carbonyl (C=O) groups excluding carboxylic acids is 2. The minimum atomic E-state index is -0.597. The number of benzene rings is 1. The van der Waals surface area contributed by atoms with E-state index in [9.17, 15) is 9.59 Å². The molecule has 1 aliphatic rings. The summed E-state index contributed by atoms with van der Waals surface area (Å²) < 4.78 is 15.6. The molecule has 2 atom stereocenters. The Bertz CT molecular complexity index is 677. The van der Waals surface area contributed by atoms with Gasteiger partial charge in [0, 0.05) is 21.0 Å². The molecule has 0 spiro atoms. The van der Waals surface area contributed by atoms with Gasteiger partial charge in [-0.2, -0.15) is 0 Å². The van der Waals surface area contributed by atoms with E-state index in [2.05, 4.69) is 12.2 Å². The fraction of sp³-hybridized carbons (Fsp3) is 0.412. The number of carbonyl (C=O) groups is 2. The Kier molecular flexibility index (Phi) is 5.33. The number of esters is 2. The van der Waals surface area contributed by atoms with Crippen LogP contribution in [0.1, 0.15) is 31.9 Å². The van der Waals surface area contributed by atoms with Crippen molar-refractivity contribution in [1.82, 2.24) is 0 Å². The molecule has 5 nitrogen and oxygen atoms in total. The van der Waals surface area contributed by atoms with Crippen LogP contribution in [0, 0.1) is 0 Å². The van der Waals surface area contributed by atoms with Crippen LogP contribution < -0.4 is 10.4 Å². The largest absolute Gasteiger partial charge is 0.462 e. The van der Waals surface area contributed by atoms with Gasteiger partial charge in [0.15, 0.2) is 6.10 Å². The zero-order valence-corrected chi connectivity index (χ0v) is 13.0. The quantitative estimate of drug-likeness (QED) is 0.754. The van der Waals surface area contributed by atoms with Crippen molar-refractivity contribution in [1.29, 1.82) is 0 Å². The van der Waals surface area contributed by atoms with Crippen LogP contribution in [-0.2, 0) is 23.8 Å². The van der Waals surface area contributed by atoms with Gasteiger partial charge in [-0.15, -0.1) is 0 Å². The zero-order chi connectivity index (χ0) is 16.1. The number of fused-ring (bicyclic) bond motifs is 1. The molecule has 0 saturated heterocycles. The molecule has 0 heterocycles. The monoisotopic (exact) mass is 304 g/mol. The smallest absolute Gasteiger partial charge is 0.303 e. The Balaban J connectivity index is 2.29. The molecule has 2 unspecified atom stereocenters. The Hall–Kier alpha value is -2.14. The highest BCUT2D eigenvalue weighted by molar-refractivity contribution is 5.67. The molecule has 118 valence electrons. The summed E-state index contributed by atoms with van der Waals surface area (Å²) >= 11 is 0. The van der Waals surface area contributed by atoms with Crippen LogP contribution in [-0.4, -0.2) is 31.8 Å². The highest BCUT2D eigenvalue weighted by atomic mass is 16.6. The van der Waals surface area contributed by atoms with Crippen LogP contribution in [0.15, 0.2) is 18.2 Å². The molecular weight excluding hydrogens is 284 g/mol. The molecule has 0 aliphatic heterocycles. The van der Waals surface area contributed by atoms with Crippen molar-refractivity contribution in [3.05, 3.63) is 34.2 Å². The number of hydrogen-bond donors (Lipinski definition) is 0. The van der Waals surface area contributed by atoms with Gasteiger partial charge in [0.1, 0.15) is 6.61 Å². The van der Waals surface area contributed by atoms with Crippen LogP contribution >= 0.6 is 0 Å². The summed E-state index contributed by atoms with van der Waals surface area (Å²) in [5, 5.41) is 2.14. The number of methoxy groups -OCH3 is 1. The van der Waals surface area contributed by atoms with E-state index in [1.54, 1.807) is 7.11 Å². The van der Waals surface area contributed by atoms with Gasteiger partial charge < -0.3 is 14.2 Å². The molecule has 0 fully saturated rings. The fourth-order valence-electron chi connectivity index (χ4n) is 2.39. The summed E-state index contributed by atoms with van der Waals surface area (Å²) in [4.78, 5) is 22.2. The van der Waals surface area contributed by atoms with Crippen molar-refractivity contribution in [3.8, 4) is 0 Å². The third-order valence-corrected chi connectivity index (χ3v) is 3.47. The van der Waals surface area contributed by atoms with E-state index in [1.165, 1.54) is 13.8 Å². The number of rotatable bonds is 5. The van der Waals surface area contributed by atoms with E-state index in [4.69, 9.17) is 14.2 Å². The molecule has 0 N–H and O–H groups in total. The topological polar surface area (TPSA) is 61.8 Å². The number of ether oxygens (including phenoxy) is 3. The second-order valence-corrected chi connectivity index (χ2v) is 5.17. The third-order valence-electron chi connectivity index (χ3n) is 3.47. The van der Waals surface area contributed by atoms with Crippen molar-refractivity contribution in [2.24, 2.45) is 0 Å². The van der Waals surface area contributed by atoms with E-state index in [-0.39, 0.29) is 12.7 Å². The first kappa shape index (κ1) is 16.2. The molecule has 1 aromatic rings. The first-order valence-corrected chi connectivity index (χ1v) is 7.15. The average Bonchev–Trinajstić information content (AvgIpc) is 2.49. The summed E-state index contributed by atoms with van der Waals surface area (Å²) in [6.45, 7) is 2.67. The molecule has 0 radical (unpaired) electrons. The maximum absolute atomic E-state index is 11.2. The van der Waals surface area contributed by atoms with Crippen LogP contribution in [0.25, 0.3) is 12.2 Å². The SMILES string of the molecule is COC1C=c2ccc(C(COC(C)=O)OC(C)=O)cc2=CC1. The van der Waals surface area contributed by atoms with E-state index in [0.29, 0.717) is 0 Å². The first-order chi connectivity index (χ1) is 10.5. The normalized spacial score (nSPS) is 17.5. The van der Waals surface area contributed by atoms with Gasteiger partial charge in [-0.1, -0.05) is 18.2 Å². The van der Waals surface area contributed by atoms with E-state index >= 15 is 0 Å². The van der Waals surface area contributed by atoms with Crippen molar-refractivity contribution < 1.29 is 23.8 Å². The Morgan fingerprint density at radius 3 is 2.64 bits per heavy atom. The summed E-state index contributed by atoms with van der Waals surface area (Å²) in [5.41, 5.74) is 0.802. The lowest BCUT2D eigenvalue weighted by Crippen LogP contribution is -2.32.